The molecule has 1 amide bonds. The number of amides is 1. The van der Waals surface area contributed by atoms with Crippen molar-refractivity contribution in [3.05, 3.63) is 23.8 Å². The molecule has 102 valence electrons. The van der Waals surface area contributed by atoms with Crippen molar-refractivity contribution >= 4 is 17.6 Å². The number of nitrogens with zero attached hydrogens (tertiary/aromatic N) is 3. The van der Waals surface area contributed by atoms with E-state index in [1.165, 1.54) is 32.4 Å². The summed E-state index contributed by atoms with van der Waals surface area (Å²) in [6.45, 7) is -0.290. The Morgan fingerprint density at radius 1 is 1.47 bits per heavy atom. The number of nitrogens with two attached hydrogens (primary N) is 1. The number of carboxylic acids is 1. The molecule has 0 atom stereocenters. The van der Waals surface area contributed by atoms with E-state index in [-0.39, 0.29) is 17.8 Å². The third-order valence-electron chi connectivity index (χ3n) is 2.13. The zero-order valence-electron chi connectivity index (χ0n) is 10.5. The van der Waals surface area contributed by atoms with Crippen molar-refractivity contribution in [3.63, 3.8) is 0 Å². The van der Waals surface area contributed by atoms with E-state index in [0.717, 1.165) is 5.01 Å². The molecule has 0 unspecified atom stereocenters. The second kappa shape index (κ2) is 6.34. The second-order valence-corrected chi connectivity index (χ2v) is 3.65. The van der Waals surface area contributed by atoms with Crippen molar-refractivity contribution in [3.8, 4) is 5.75 Å². The van der Waals surface area contributed by atoms with Crippen LogP contribution in [0.3, 0.4) is 0 Å². The van der Waals surface area contributed by atoms with Crippen molar-refractivity contribution < 1.29 is 19.4 Å². The maximum atomic E-state index is 11.1. The molecule has 0 bridgehead atoms. The minimum Gasteiger partial charge on any atom is -0.494 e. The summed E-state index contributed by atoms with van der Waals surface area (Å²) in [5.41, 5.74) is 5.70. The van der Waals surface area contributed by atoms with Gasteiger partial charge in [-0.3, -0.25) is 14.6 Å². The number of aliphatic carboxylic acids is 1. The van der Waals surface area contributed by atoms with E-state index >= 15 is 0 Å². The highest BCUT2D eigenvalue weighted by molar-refractivity contribution is 5.94. The Kier molecular flexibility index (Phi) is 4.81. The first kappa shape index (κ1) is 14.4. The molecule has 8 heteroatoms. The molecule has 0 spiro atoms. The Morgan fingerprint density at radius 3 is 2.68 bits per heavy atom. The molecule has 1 aromatic rings. The van der Waals surface area contributed by atoms with Crippen LogP contribution in [0.5, 0.6) is 5.75 Å². The van der Waals surface area contributed by atoms with Crippen LogP contribution < -0.4 is 10.5 Å². The average molecular weight is 266 g/mol. The van der Waals surface area contributed by atoms with Gasteiger partial charge in [0, 0.05) is 12.6 Å². The Bertz CT molecular complexity index is 515. The number of hydrogen-bond donors (Lipinski definition) is 2. The molecule has 0 aliphatic heterocycles. The summed E-state index contributed by atoms with van der Waals surface area (Å²) < 4.78 is 5.05. The standard InChI is InChI=1S/C11H14N4O4/c1-15(6-10(16)17)14-13-8-5-7(11(12)18)3-4-9(8)19-2/h3-5H,6H2,1-2H3,(H2,12,18)(H,16,17). The van der Waals surface area contributed by atoms with Crippen molar-refractivity contribution in [1.29, 1.82) is 0 Å². The minimum absolute atomic E-state index is 0.260. The molecule has 0 aromatic heterocycles. The zero-order valence-corrected chi connectivity index (χ0v) is 10.5. The summed E-state index contributed by atoms with van der Waals surface area (Å²) in [6, 6.07) is 4.45. The summed E-state index contributed by atoms with van der Waals surface area (Å²) in [6.07, 6.45) is 0. The maximum Gasteiger partial charge on any atom is 0.324 e. The van der Waals surface area contributed by atoms with Gasteiger partial charge in [0.05, 0.1) is 7.11 Å². The molecule has 0 saturated carbocycles. The van der Waals surface area contributed by atoms with Gasteiger partial charge in [0.25, 0.3) is 0 Å². The molecule has 1 rings (SSSR count). The van der Waals surface area contributed by atoms with Crippen molar-refractivity contribution in [1.82, 2.24) is 5.01 Å². The lowest BCUT2D eigenvalue weighted by molar-refractivity contribution is -0.138. The van der Waals surface area contributed by atoms with Crippen LogP contribution in [0.15, 0.2) is 28.5 Å². The first-order chi connectivity index (χ1) is 8.93. The SMILES string of the molecule is COc1ccc(C(N)=O)cc1N=NN(C)CC(=O)O. The summed E-state index contributed by atoms with van der Waals surface area (Å²) in [4.78, 5) is 21.5. The molecule has 0 heterocycles. The third-order valence-corrected chi connectivity index (χ3v) is 2.13. The average Bonchev–Trinajstić information content (AvgIpc) is 2.35. The van der Waals surface area contributed by atoms with Gasteiger partial charge < -0.3 is 15.6 Å². The van der Waals surface area contributed by atoms with Crippen molar-refractivity contribution in [2.45, 2.75) is 0 Å². The summed E-state index contributed by atoms with van der Waals surface area (Å²) in [7, 11) is 2.90. The highest BCUT2D eigenvalue weighted by Gasteiger charge is 2.08. The van der Waals surface area contributed by atoms with E-state index in [1.54, 1.807) is 0 Å². The number of benzene rings is 1. The Balaban J connectivity index is 2.97. The van der Waals surface area contributed by atoms with Crippen LogP contribution >= 0.6 is 0 Å². The number of carbonyl (C=O) groups excluding carboxylic acids is 1. The van der Waals surface area contributed by atoms with Gasteiger partial charge in [0.15, 0.2) is 0 Å². The van der Waals surface area contributed by atoms with Crippen molar-refractivity contribution in [2.24, 2.45) is 16.1 Å². The van der Waals surface area contributed by atoms with Crippen LogP contribution in [0.2, 0.25) is 0 Å². The van der Waals surface area contributed by atoms with Gasteiger partial charge in [-0.15, -0.1) is 5.11 Å². The molecular weight excluding hydrogens is 252 g/mol. The highest BCUT2D eigenvalue weighted by atomic mass is 16.5. The van der Waals surface area contributed by atoms with Crippen LogP contribution in [-0.4, -0.2) is 42.7 Å². The first-order valence-electron chi connectivity index (χ1n) is 5.26. The molecule has 0 radical (unpaired) electrons. The van der Waals surface area contributed by atoms with Gasteiger partial charge in [0.2, 0.25) is 5.91 Å². The number of likely N-dealkylation sites (N-methyl/N-ethyl adjacent to an activating group) is 1. The predicted octanol–water partition coefficient (Wildman–Crippen LogP) is 0.809. The fourth-order valence-electron chi connectivity index (χ4n) is 1.27. The van der Waals surface area contributed by atoms with Crippen LogP contribution in [0.25, 0.3) is 0 Å². The number of hydrogen-bond acceptors (Lipinski definition) is 5. The van der Waals surface area contributed by atoms with Crippen LogP contribution in [0.1, 0.15) is 10.4 Å². The molecule has 0 fully saturated rings. The third kappa shape index (κ3) is 4.26. The van der Waals surface area contributed by atoms with E-state index in [0.29, 0.717) is 5.75 Å². The fraction of sp³-hybridized carbons (Fsp3) is 0.273. The van der Waals surface area contributed by atoms with Crippen molar-refractivity contribution in [2.75, 3.05) is 20.7 Å². The van der Waals surface area contributed by atoms with E-state index < -0.39 is 11.9 Å². The molecule has 0 saturated heterocycles. The molecule has 19 heavy (non-hydrogen) atoms. The van der Waals surface area contributed by atoms with E-state index in [9.17, 15) is 9.59 Å². The number of rotatable bonds is 6. The molecular formula is C11H14N4O4. The van der Waals surface area contributed by atoms with Crippen LogP contribution in [0.4, 0.5) is 5.69 Å². The lowest BCUT2D eigenvalue weighted by Gasteiger charge is -2.08. The quantitative estimate of drug-likeness (QED) is 0.583. The van der Waals surface area contributed by atoms with Crippen LogP contribution in [-0.2, 0) is 4.79 Å². The topological polar surface area (TPSA) is 118 Å². The number of carboxylic acid groups (broad SMARTS) is 1. The number of primary amides is 1. The number of carbonyl (C=O) groups is 2. The number of ether oxygens (including phenoxy) is 1. The van der Waals surface area contributed by atoms with Gasteiger partial charge >= 0.3 is 5.97 Å². The normalized spacial score (nSPS) is 10.4. The van der Waals surface area contributed by atoms with Gasteiger partial charge in [-0.2, -0.15) is 0 Å². The van der Waals surface area contributed by atoms with E-state index in [2.05, 4.69) is 10.3 Å². The van der Waals surface area contributed by atoms with Gasteiger partial charge in [-0.25, -0.2) is 0 Å². The molecule has 0 aliphatic rings. The molecule has 8 nitrogen and oxygen atoms in total. The Labute approximate surface area is 109 Å². The lowest BCUT2D eigenvalue weighted by Crippen LogP contribution is -2.19. The van der Waals surface area contributed by atoms with Gasteiger partial charge in [-0.05, 0) is 18.2 Å². The Hall–Kier alpha value is -2.64. The summed E-state index contributed by atoms with van der Waals surface area (Å²) in [5.74, 6) is -1.23. The molecule has 1 aromatic carbocycles. The summed E-state index contributed by atoms with van der Waals surface area (Å²) in [5, 5.41) is 17.2. The van der Waals surface area contributed by atoms with Gasteiger partial charge in [0.1, 0.15) is 18.0 Å². The van der Waals surface area contributed by atoms with E-state index in [1.807, 2.05) is 0 Å². The Morgan fingerprint density at radius 2 is 2.16 bits per heavy atom. The fourth-order valence-corrected chi connectivity index (χ4v) is 1.27. The molecule has 3 N–H and O–H groups in total. The monoisotopic (exact) mass is 266 g/mol. The van der Waals surface area contributed by atoms with E-state index in [4.69, 9.17) is 15.6 Å². The first-order valence-corrected chi connectivity index (χ1v) is 5.26. The summed E-state index contributed by atoms with van der Waals surface area (Å²) >= 11 is 0. The van der Waals surface area contributed by atoms with Gasteiger partial charge in [-0.1, -0.05) is 5.22 Å². The van der Waals surface area contributed by atoms with Crippen LogP contribution in [0, 0.1) is 0 Å². The lowest BCUT2D eigenvalue weighted by atomic mass is 10.2. The maximum absolute atomic E-state index is 11.1. The molecule has 0 aliphatic carbocycles. The zero-order chi connectivity index (χ0) is 14.4. The highest BCUT2D eigenvalue weighted by Crippen LogP contribution is 2.28. The minimum atomic E-state index is -1.03. The second-order valence-electron chi connectivity index (χ2n) is 3.65. The largest absolute Gasteiger partial charge is 0.494 e. The predicted molar refractivity (Wildman–Crippen MR) is 66.3 cm³/mol. The number of methoxy groups -OCH3 is 1. The smallest absolute Gasteiger partial charge is 0.324 e.